The minimum Gasteiger partial charge on any atom is -0.494 e. The Bertz CT molecular complexity index is 608. The van der Waals surface area contributed by atoms with E-state index in [2.05, 4.69) is 10.9 Å². The molecule has 0 saturated heterocycles. The lowest BCUT2D eigenvalue weighted by Crippen LogP contribution is -2.47. The van der Waals surface area contributed by atoms with Gasteiger partial charge in [0.1, 0.15) is 17.9 Å². The first-order chi connectivity index (χ1) is 11.6. The lowest BCUT2D eigenvalue weighted by molar-refractivity contribution is -0.122. The molecule has 0 atom stereocenters. The number of hydrazine groups is 1. The zero-order valence-electron chi connectivity index (χ0n) is 15.2. The van der Waals surface area contributed by atoms with Gasteiger partial charge in [0.05, 0.1) is 6.61 Å². The summed E-state index contributed by atoms with van der Waals surface area (Å²) in [7, 11) is 1.43. The van der Waals surface area contributed by atoms with Crippen LogP contribution in [0.2, 0.25) is 0 Å². The predicted octanol–water partition coefficient (Wildman–Crippen LogP) is 1.71. The van der Waals surface area contributed by atoms with E-state index in [0.29, 0.717) is 17.9 Å². The van der Waals surface area contributed by atoms with Crippen LogP contribution in [0.25, 0.3) is 0 Å². The first kappa shape index (κ1) is 20.3. The van der Waals surface area contributed by atoms with Gasteiger partial charge in [-0.15, -0.1) is 0 Å². The monoisotopic (exact) mass is 351 g/mol. The van der Waals surface area contributed by atoms with Crippen LogP contribution in [0.3, 0.4) is 0 Å². The second-order valence-corrected chi connectivity index (χ2v) is 6.30. The van der Waals surface area contributed by atoms with Crippen molar-refractivity contribution in [3.05, 3.63) is 29.8 Å². The molecular weight excluding hydrogens is 326 g/mol. The Labute approximate surface area is 147 Å². The molecule has 1 aromatic rings. The fourth-order valence-corrected chi connectivity index (χ4v) is 1.73. The maximum absolute atomic E-state index is 12.0. The molecular formula is C17H25N3O5. The molecule has 8 nitrogen and oxygen atoms in total. The zero-order valence-corrected chi connectivity index (χ0v) is 15.2. The van der Waals surface area contributed by atoms with Gasteiger partial charge in [-0.3, -0.25) is 20.4 Å². The van der Waals surface area contributed by atoms with E-state index in [1.165, 1.54) is 7.05 Å². The fourth-order valence-electron chi connectivity index (χ4n) is 1.73. The Morgan fingerprint density at radius 3 is 2.20 bits per heavy atom. The first-order valence-electron chi connectivity index (χ1n) is 7.88. The molecule has 0 unspecified atom stereocenters. The zero-order chi connectivity index (χ0) is 19.0. The Morgan fingerprint density at radius 1 is 1.08 bits per heavy atom. The third-order valence-corrected chi connectivity index (χ3v) is 2.83. The molecule has 0 fully saturated rings. The number of ether oxygens (including phenoxy) is 2. The molecule has 0 aliphatic heterocycles. The van der Waals surface area contributed by atoms with Crippen LogP contribution in [-0.4, -0.2) is 48.6 Å². The first-order valence-corrected chi connectivity index (χ1v) is 7.88. The van der Waals surface area contributed by atoms with Crippen LogP contribution in [0.15, 0.2) is 24.3 Å². The quantitative estimate of drug-likeness (QED) is 0.787. The van der Waals surface area contributed by atoms with Gasteiger partial charge in [-0.05, 0) is 52.0 Å². The second-order valence-electron chi connectivity index (χ2n) is 6.30. The van der Waals surface area contributed by atoms with E-state index >= 15 is 0 Å². The molecule has 0 radical (unpaired) electrons. The number of hydrogen-bond acceptors (Lipinski definition) is 5. The van der Waals surface area contributed by atoms with Crippen molar-refractivity contribution in [2.24, 2.45) is 0 Å². The number of nitrogens with zero attached hydrogens (tertiary/aromatic N) is 1. The van der Waals surface area contributed by atoms with Crippen molar-refractivity contribution in [3.63, 3.8) is 0 Å². The van der Waals surface area contributed by atoms with Crippen LogP contribution < -0.4 is 15.6 Å². The van der Waals surface area contributed by atoms with Crippen molar-refractivity contribution in [3.8, 4) is 5.75 Å². The molecule has 1 rings (SSSR count). The van der Waals surface area contributed by atoms with E-state index in [1.807, 2.05) is 6.92 Å². The van der Waals surface area contributed by atoms with Gasteiger partial charge in [0.2, 0.25) is 0 Å². The fraction of sp³-hybridized carbons (Fsp3) is 0.471. The van der Waals surface area contributed by atoms with E-state index in [0.717, 1.165) is 4.90 Å². The summed E-state index contributed by atoms with van der Waals surface area (Å²) >= 11 is 0. The van der Waals surface area contributed by atoms with E-state index in [-0.39, 0.29) is 6.54 Å². The predicted molar refractivity (Wildman–Crippen MR) is 92.1 cm³/mol. The molecule has 138 valence electrons. The van der Waals surface area contributed by atoms with E-state index in [1.54, 1.807) is 45.0 Å². The smallest absolute Gasteiger partial charge is 0.410 e. The van der Waals surface area contributed by atoms with Crippen LogP contribution in [0, 0.1) is 0 Å². The average Bonchev–Trinajstić information content (AvgIpc) is 2.52. The van der Waals surface area contributed by atoms with Crippen LogP contribution in [0.1, 0.15) is 38.1 Å². The summed E-state index contributed by atoms with van der Waals surface area (Å²) in [4.78, 5) is 36.6. The van der Waals surface area contributed by atoms with E-state index in [9.17, 15) is 14.4 Å². The number of nitrogens with one attached hydrogen (secondary N) is 2. The summed E-state index contributed by atoms with van der Waals surface area (Å²) in [5.74, 6) is -0.369. The van der Waals surface area contributed by atoms with Gasteiger partial charge in [0, 0.05) is 12.6 Å². The number of carbonyl (C=O) groups excluding carboxylic acids is 3. The van der Waals surface area contributed by atoms with Crippen LogP contribution in [0.5, 0.6) is 5.75 Å². The van der Waals surface area contributed by atoms with Gasteiger partial charge < -0.3 is 14.4 Å². The number of carbonyl (C=O) groups is 3. The van der Waals surface area contributed by atoms with Crippen molar-refractivity contribution >= 4 is 17.9 Å². The minimum atomic E-state index is -0.649. The van der Waals surface area contributed by atoms with E-state index in [4.69, 9.17) is 9.47 Å². The average molecular weight is 351 g/mol. The number of hydrogen-bond donors (Lipinski definition) is 2. The highest BCUT2D eigenvalue weighted by molar-refractivity contribution is 5.95. The highest BCUT2D eigenvalue weighted by atomic mass is 16.6. The largest absolute Gasteiger partial charge is 0.494 e. The Kier molecular flexibility index (Phi) is 7.22. The Balaban J connectivity index is 2.44. The summed E-state index contributed by atoms with van der Waals surface area (Å²) < 4.78 is 10.4. The van der Waals surface area contributed by atoms with E-state index < -0.39 is 23.5 Å². The van der Waals surface area contributed by atoms with Gasteiger partial charge in [0.15, 0.2) is 0 Å². The molecule has 0 saturated carbocycles. The van der Waals surface area contributed by atoms with Crippen molar-refractivity contribution in [1.82, 2.24) is 15.8 Å². The summed E-state index contributed by atoms with van der Waals surface area (Å²) in [5.41, 5.74) is 4.25. The molecule has 2 N–H and O–H groups in total. The van der Waals surface area contributed by atoms with Crippen molar-refractivity contribution < 1.29 is 23.9 Å². The molecule has 0 aromatic heterocycles. The van der Waals surface area contributed by atoms with Gasteiger partial charge >= 0.3 is 6.09 Å². The number of benzene rings is 1. The SMILES string of the molecule is CCOc1ccc(C(=O)NNC(=O)CN(C)C(=O)OC(C)(C)C)cc1. The molecule has 8 heteroatoms. The molecule has 1 aromatic carbocycles. The van der Waals surface area contributed by atoms with Crippen LogP contribution in [0.4, 0.5) is 4.79 Å². The van der Waals surface area contributed by atoms with Gasteiger partial charge in [-0.1, -0.05) is 0 Å². The second kappa shape index (κ2) is 8.91. The lowest BCUT2D eigenvalue weighted by atomic mass is 10.2. The molecule has 25 heavy (non-hydrogen) atoms. The molecule has 0 bridgehead atoms. The normalized spacial score (nSPS) is 10.6. The molecule has 3 amide bonds. The Morgan fingerprint density at radius 2 is 1.68 bits per heavy atom. The molecule has 0 spiro atoms. The Hall–Kier alpha value is -2.77. The number of likely N-dealkylation sites (N-methyl/N-ethyl adjacent to an activating group) is 1. The highest BCUT2D eigenvalue weighted by Gasteiger charge is 2.21. The summed E-state index contributed by atoms with van der Waals surface area (Å²) in [6.07, 6.45) is -0.625. The van der Waals surface area contributed by atoms with Crippen molar-refractivity contribution in [1.29, 1.82) is 0 Å². The van der Waals surface area contributed by atoms with Gasteiger partial charge in [0.25, 0.3) is 11.8 Å². The molecule has 0 aliphatic carbocycles. The van der Waals surface area contributed by atoms with Crippen LogP contribution in [-0.2, 0) is 9.53 Å². The van der Waals surface area contributed by atoms with Gasteiger partial charge in [-0.25, -0.2) is 4.79 Å². The van der Waals surface area contributed by atoms with Gasteiger partial charge in [-0.2, -0.15) is 0 Å². The third kappa shape index (κ3) is 7.56. The highest BCUT2D eigenvalue weighted by Crippen LogP contribution is 2.12. The van der Waals surface area contributed by atoms with Crippen molar-refractivity contribution in [2.75, 3.05) is 20.2 Å². The maximum atomic E-state index is 12.0. The topological polar surface area (TPSA) is 97.0 Å². The summed E-state index contributed by atoms with van der Waals surface area (Å²) in [6, 6.07) is 6.49. The molecule has 0 aliphatic rings. The summed E-state index contributed by atoms with van der Waals surface area (Å²) in [5, 5.41) is 0. The molecule has 0 heterocycles. The number of rotatable bonds is 5. The summed E-state index contributed by atoms with van der Waals surface area (Å²) in [6.45, 7) is 7.34. The maximum Gasteiger partial charge on any atom is 0.410 e. The van der Waals surface area contributed by atoms with Crippen molar-refractivity contribution in [2.45, 2.75) is 33.3 Å². The lowest BCUT2D eigenvalue weighted by Gasteiger charge is -2.24. The van der Waals surface area contributed by atoms with Crippen LogP contribution >= 0.6 is 0 Å². The third-order valence-electron chi connectivity index (χ3n) is 2.83. The standard InChI is InChI=1S/C17H25N3O5/c1-6-24-13-9-7-12(8-10-13)15(22)19-18-14(21)11-20(5)16(23)25-17(2,3)4/h7-10H,6,11H2,1-5H3,(H,18,21)(H,19,22). The minimum absolute atomic E-state index is 0.252. The number of amides is 3.